The first-order valence-corrected chi connectivity index (χ1v) is 11.0. The molecule has 3 nitrogen and oxygen atoms in total. The highest BCUT2D eigenvalue weighted by Gasteiger charge is 2.40. The molecule has 1 saturated heterocycles. The zero-order valence-corrected chi connectivity index (χ0v) is 17.8. The van der Waals surface area contributed by atoms with Gasteiger partial charge in [0.2, 0.25) is 0 Å². The van der Waals surface area contributed by atoms with Crippen LogP contribution in [0.4, 0.5) is 13.2 Å². The Morgan fingerprint density at radius 3 is 2.41 bits per heavy atom. The van der Waals surface area contributed by atoms with Crippen molar-refractivity contribution < 1.29 is 18.0 Å². The molecule has 0 unspecified atom stereocenters. The number of likely N-dealkylation sites (tertiary alicyclic amines) is 1. The summed E-state index contributed by atoms with van der Waals surface area (Å²) in [6.07, 6.45) is -1.75. The molecule has 1 atom stereocenters. The summed E-state index contributed by atoms with van der Waals surface area (Å²) in [7, 11) is 0. The first kappa shape index (κ1) is 21.0. The van der Waals surface area contributed by atoms with E-state index in [1.807, 2.05) is 30.3 Å². The number of nitrogens with zero attached hydrogens (tertiary/aromatic N) is 1. The van der Waals surface area contributed by atoms with E-state index < -0.39 is 11.7 Å². The minimum atomic E-state index is -4.35. The van der Waals surface area contributed by atoms with Crippen molar-refractivity contribution in [2.75, 3.05) is 13.1 Å². The molecular weight excluding hydrogens is 413 g/mol. The van der Waals surface area contributed by atoms with Crippen molar-refractivity contribution in [2.45, 2.75) is 38.0 Å². The summed E-state index contributed by atoms with van der Waals surface area (Å²) in [4.78, 5) is 15.3. The fourth-order valence-electron chi connectivity index (χ4n) is 4.53. The van der Waals surface area contributed by atoms with Crippen molar-refractivity contribution in [3.05, 3.63) is 71.8 Å². The Balaban J connectivity index is 1.33. The number of carbonyl (C=O) groups is 1. The number of nitrogens with one attached hydrogen (secondary N) is 1. The van der Waals surface area contributed by atoms with Gasteiger partial charge in [0.05, 0.1) is 5.56 Å². The maximum atomic E-state index is 12.9. The second kappa shape index (κ2) is 7.93. The molecule has 32 heavy (non-hydrogen) atoms. The first-order chi connectivity index (χ1) is 15.3. The van der Waals surface area contributed by atoms with Gasteiger partial charge in [-0.15, -0.1) is 0 Å². The molecule has 166 valence electrons. The Bertz CT molecular complexity index is 1150. The molecule has 1 heterocycles. The third kappa shape index (κ3) is 4.11. The molecule has 3 aromatic rings. The van der Waals surface area contributed by atoms with Crippen LogP contribution in [0, 0.1) is 5.92 Å². The summed E-state index contributed by atoms with van der Waals surface area (Å²) in [5, 5.41) is 4.92. The van der Waals surface area contributed by atoms with Gasteiger partial charge in [-0.2, -0.15) is 13.2 Å². The van der Waals surface area contributed by atoms with Crippen LogP contribution in [0.15, 0.2) is 60.7 Å². The predicted molar refractivity (Wildman–Crippen MR) is 119 cm³/mol. The Morgan fingerprint density at radius 2 is 1.75 bits per heavy atom. The van der Waals surface area contributed by atoms with Crippen molar-refractivity contribution in [3.63, 3.8) is 0 Å². The van der Waals surface area contributed by atoms with Gasteiger partial charge in [-0.25, -0.2) is 0 Å². The van der Waals surface area contributed by atoms with Crippen LogP contribution in [-0.2, 0) is 6.18 Å². The van der Waals surface area contributed by atoms with Crippen molar-refractivity contribution in [1.82, 2.24) is 10.2 Å². The van der Waals surface area contributed by atoms with Crippen LogP contribution in [0.1, 0.15) is 35.7 Å². The molecule has 1 aliphatic heterocycles. The molecule has 0 spiro atoms. The van der Waals surface area contributed by atoms with E-state index in [0.717, 1.165) is 47.6 Å². The molecule has 1 saturated carbocycles. The largest absolute Gasteiger partial charge is 0.416 e. The highest BCUT2D eigenvalue weighted by atomic mass is 19.4. The van der Waals surface area contributed by atoms with E-state index >= 15 is 0 Å². The van der Waals surface area contributed by atoms with Crippen molar-refractivity contribution in [3.8, 4) is 11.1 Å². The van der Waals surface area contributed by atoms with Crippen LogP contribution in [0.25, 0.3) is 21.9 Å². The molecule has 0 aromatic heterocycles. The quantitative estimate of drug-likeness (QED) is 0.551. The predicted octanol–water partition coefficient (Wildman–Crippen LogP) is 5.74. The molecule has 3 aromatic carbocycles. The molecule has 1 N–H and O–H groups in total. The van der Waals surface area contributed by atoms with Crippen LogP contribution < -0.4 is 5.32 Å². The third-order valence-electron chi connectivity index (χ3n) is 6.73. The summed E-state index contributed by atoms with van der Waals surface area (Å²) >= 11 is 0. The Hall–Kier alpha value is -2.86. The van der Waals surface area contributed by atoms with Crippen LogP contribution in [0.2, 0.25) is 0 Å². The van der Waals surface area contributed by atoms with Gasteiger partial charge in [0, 0.05) is 36.7 Å². The summed E-state index contributed by atoms with van der Waals surface area (Å²) in [6, 6.07) is 17.2. The topological polar surface area (TPSA) is 32.3 Å². The lowest BCUT2D eigenvalue weighted by Gasteiger charge is -2.42. The molecule has 1 amide bonds. The van der Waals surface area contributed by atoms with E-state index in [1.54, 1.807) is 6.07 Å². The number of benzene rings is 3. The molecule has 0 radical (unpaired) electrons. The lowest BCUT2D eigenvalue weighted by molar-refractivity contribution is -0.137. The van der Waals surface area contributed by atoms with Crippen LogP contribution in [0.3, 0.4) is 0 Å². The van der Waals surface area contributed by atoms with Gasteiger partial charge in [-0.05, 0) is 65.9 Å². The van der Waals surface area contributed by atoms with E-state index in [0.29, 0.717) is 17.0 Å². The molecule has 1 aliphatic carbocycles. The number of amides is 1. The minimum Gasteiger partial charge on any atom is -0.349 e. The second-order valence-electron chi connectivity index (χ2n) is 9.02. The summed E-state index contributed by atoms with van der Waals surface area (Å²) in [6.45, 7) is 4.18. The van der Waals surface area contributed by atoms with Gasteiger partial charge in [0.1, 0.15) is 0 Å². The molecule has 5 rings (SSSR count). The van der Waals surface area contributed by atoms with Gasteiger partial charge >= 0.3 is 6.18 Å². The summed E-state index contributed by atoms with van der Waals surface area (Å²) in [5.41, 5.74) is 1.47. The van der Waals surface area contributed by atoms with Gasteiger partial charge in [0.25, 0.3) is 5.91 Å². The number of hydrogen-bond donors (Lipinski definition) is 1. The molecular formula is C26H25F3N2O. The smallest absolute Gasteiger partial charge is 0.349 e. The van der Waals surface area contributed by atoms with Crippen molar-refractivity contribution in [2.24, 2.45) is 5.92 Å². The average molecular weight is 438 g/mol. The average Bonchev–Trinajstić information content (AvgIpc) is 3.56. The van der Waals surface area contributed by atoms with Crippen LogP contribution in [0.5, 0.6) is 0 Å². The van der Waals surface area contributed by atoms with Gasteiger partial charge in [0.15, 0.2) is 0 Å². The highest BCUT2D eigenvalue weighted by Crippen LogP contribution is 2.35. The normalized spacial score (nSPS) is 18.4. The first-order valence-electron chi connectivity index (χ1n) is 11.0. The number of halogens is 3. The monoisotopic (exact) mass is 438 g/mol. The molecule has 6 heteroatoms. The van der Waals surface area contributed by atoms with Crippen LogP contribution in [-0.4, -0.2) is 36.0 Å². The molecule has 0 bridgehead atoms. The van der Waals surface area contributed by atoms with Gasteiger partial charge in [-0.3, -0.25) is 9.69 Å². The van der Waals surface area contributed by atoms with E-state index in [4.69, 9.17) is 0 Å². The molecule has 2 fully saturated rings. The maximum absolute atomic E-state index is 12.9. The van der Waals surface area contributed by atoms with Crippen LogP contribution >= 0.6 is 0 Å². The Morgan fingerprint density at radius 1 is 1.03 bits per heavy atom. The fraction of sp³-hybridized carbons (Fsp3) is 0.346. The van der Waals surface area contributed by atoms with E-state index in [2.05, 4.69) is 17.1 Å². The third-order valence-corrected chi connectivity index (χ3v) is 6.73. The van der Waals surface area contributed by atoms with Gasteiger partial charge in [-0.1, -0.05) is 36.4 Å². The molecule has 2 aliphatic rings. The second-order valence-corrected chi connectivity index (χ2v) is 9.02. The number of hydrogen-bond acceptors (Lipinski definition) is 2. The highest BCUT2D eigenvalue weighted by molar-refractivity contribution is 6.02. The van der Waals surface area contributed by atoms with Gasteiger partial charge < -0.3 is 5.32 Å². The lowest BCUT2D eigenvalue weighted by Crippen LogP contribution is -2.56. The number of carbonyl (C=O) groups excluding carboxylic acids is 1. The minimum absolute atomic E-state index is 0.0933. The zero-order chi connectivity index (χ0) is 22.5. The van der Waals surface area contributed by atoms with E-state index in [9.17, 15) is 18.0 Å². The zero-order valence-electron chi connectivity index (χ0n) is 17.8. The number of rotatable bonds is 5. The number of fused-ring (bicyclic) bond motifs is 1. The Labute approximate surface area is 185 Å². The SMILES string of the molecule is C[C@H](NC(=O)c1ccc2c(-c3ccc(C(F)(F)F)cc3)cccc2c1)C1CN(C2CC2)C1. The maximum Gasteiger partial charge on any atom is 0.416 e. The Kier molecular flexibility index (Phi) is 5.20. The standard InChI is InChI=1S/C26H25F3N2O/c1-16(20-14-31(15-20)22-10-11-22)30-25(32)19-7-12-24-18(13-19)3-2-4-23(24)17-5-8-21(9-6-17)26(27,28)29/h2-9,12-13,16,20,22H,10-11,14-15H2,1H3,(H,30,32)/t16-/m0/s1. The summed E-state index contributed by atoms with van der Waals surface area (Å²) < 4.78 is 38.6. The van der Waals surface area contributed by atoms with E-state index in [-0.39, 0.29) is 11.9 Å². The number of alkyl halides is 3. The fourth-order valence-corrected chi connectivity index (χ4v) is 4.53. The van der Waals surface area contributed by atoms with Crippen molar-refractivity contribution in [1.29, 1.82) is 0 Å². The lowest BCUT2D eigenvalue weighted by atomic mass is 9.92. The van der Waals surface area contributed by atoms with Crippen molar-refractivity contribution >= 4 is 16.7 Å². The summed E-state index contributed by atoms with van der Waals surface area (Å²) in [5.74, 6) is 0.399. The van der Waals surface area contributed by atoms with E-state index in [1.165, 1.54) is 25.0 Å².